The molecule has 0 fully saturated rings. The first kappa shape index (κ1) is 16.9. The van der Waals surface area contributed by atoms with Crippen LogP contribution in [0.2, 0.25) is 0 Å². The number of aromatic amines is 1. The van der Waals surface area contributed by atoms with Crippen LogP contribution in [-0.4, -0.2) is 17.1 Å². The van der Waals surface area contributed by atoms with Gasteiger partial charge in [-0.05, 0) is 25.0 Å². The number of nitrogens with one attached hydrogen (secondary N) is 1. The van der Waals surface area contributed by atoms with Gasteiger partial charge in [-0.15, -0.1) is 24.0 Å². The number of H-pyrrole nitrogens is 1. The highest BCUT2D eigenvalue weighted by Gasteiger charge is 2.19. The lowest BCUT2D eigenvalue weighted by molar-refractivity contribution is 0.415. The molecule has 0 spiro atoms. The Morgan fingerprint density at radius 2 is 2.00 bits per heavy atom. The number of rotatable bonds is 4. The molecule has 1 unspecified atom stereocenters. The summed E-state index contributed by atoms with van der Waals surface area (Å²) >= 11 is 6.40. The highest BCUT2D eigenvalue weighted by molar-refractivity contribution is 6.20. The molecule has 0 amide bonds. The van der Waals surface area contributed by atoms with Crippen molar-refractivity contribution < 1.29 is 4.74 Å². The van der Waals surface area contributed by atoms with E-state index in [4.69, 9.17) is 16.3 Å². The lowest BCUT2D eigenvalue weighted by Gasteiger charge is -2.10. The van der Waals surface area contributed by atoms with E-state index in [-0.39, 0.29) is 17.8 Å². The number of hydrogen-bond acceptors (Lipinski definition) is 2. The number of nitrogens with zero attached hydrogens (tertiary/aromatic N) is 1. The monoisotopic (exact) mass is 314 g/mol. The second kappa shape index (κ2) is 7.00. The first-order valence-corrected chi connectivity index (χ1v) is 6.81. The van der Waals surface area contributed by atoms with Crippen molar-refractivity contribution in [1.29, 1.82) is 0 Å². The number of halogens is 2. The second-order valence-electron chi connectivity index (χ2n) is 4.97. The molecule has 2 rings (SSSR count). The summed E-state index contributed by atoms with van der Waals surface area (Å²) in [6.07, 6.45) is 0. The molecule has 0 saturated heterocycles. The zero-order valence-electron chi connectivity index (χ0n) is 12.1. The third-order valence-corrected chi connectivity index (χ3v) is 3.82. The third kappa shape index (κ3) is 3.47. The Morgan fingerprint density at radius 1 is 1.30 bits per heavy atom. The summed E-state index contributed by atoms with van der Waals surface area (Å²) in [7, 11) is 1.66. The Labute approximate surface area is 131 Å². The molecule has 1 aromatic heterocycles. The Kier molecular flexibility index (Phi) is 5.90. The zero-order chi connectivity index (χ0) is 14.0. The van der Waals surface area contributed by atoms with Gasteiger partial charge in [0.15, 0.2) is 0 Å². The van der Waals surface area contributed by atoms with Gasteiger partial charge in [0.25, 0.3) is 0 Å². The van der Waals surface area contributed by atoms with Gasteiger partial charge in [0.2, 0.25) is 0 Å². The fourth-order valence-corrected chi connectivity index (χ4v) is 2.18. The number of hydrogen-bond donors (Lipinski definition) is 1. The molecule has 1 heterocycles. The number of aromatic nitrogens is 2. The van der Waals surface area contributed by atoms with Crippen LogP contribution in [0.15, 0.2) is 24.3 Å². The van der Waals surface area contributed by atoms with E-state index < -0.39 is 0 Å². The smallest absolute Gasteiger partial charge is 0.138 e. The van der Waals surface area contributed by atoms with Gasteiger partial charge >= 0.3 is 0 Å². The summed E-state index contributed by atoms with van der Waals surface area (Å²) in [5.74, 6) is 2.00. The summed E-state index contributed by atoms with van der Waals surface area (Å²) in [4.78, 5) is 7.93. The molecule has 1 atom stereocenters. The standard InChI is InChI=1S/C15H19ClN2O.ClH/c1-9(2)13(16)14-10(3)17-15(18-14)11-6-5-7-12(8-11)19-4;/h5-9,13H,1-4H3,(H,17,18);1H. The molecule has 0 aliphatic rings. The van der Waals surface area contributed by atoms with Crippen molar-refractivity contribution in [3.63, 3.8) is 0 Å². The topological polar surface area (TPSA) is 37.9 Å². The largest absolute Gasteiger partial charge is 0.497 e. The first-order chi connectivity index (χ1) is 9.02. The minimum atomic E-state index is -0.0735. The van der Waals surface area contributed by atoms with Crippen molar-refractivity contribution in [2.24, 2.45) is 5.92 Å². The molecule has 1 N–H and O–H groups in total. The third-order valence-electron chi connectivity index (χ3n) is 3.11. The molecule has 1 aromatic carbocycles. The van der Waals surface area contributed by atoms with Gasteiger partial charge in [0.05, 0.1) is 18.2 Å². The highest BCUT2D eigenvalue weighted by atomic mass is 35.5. The van der Waals surface area contributed by atoms with Crippen molar-refractivity contribution >= 4 is 24.0 Å². The van der Waals surface area contributed by atoms with E-state index in [1.165, 1.54) is 0 Å². The molecular formula is C15H20Cl2N2O. The Morgan fingerprint density at radius 3 is 2.60 bits per heavy atom. The SMILES string of the molecule is COc1cccc(-c2nc(C(Cl)C(C)C)c(C)[nH]2)c1.Cl. The van der Waals surface area contributed by atoms with E-state index >= 15 is 0 Å². The van der Waals surface area contributed by atoms with Crippen molar-refractivity contribution in [2.45, 2.75) is 26.1 Å². The molecule has 0 aliphatic heterocycles. The predicted molar refractivity (Wildman–Crippen MR) is 86.0 cm³/mol. The first-order valence-electron chi connectivity index (χ1n) is 6.38. The van der Waals surface area contributed by atoms with Crippen LogP contribution in [0.3, 0.4) is 0 Å². The van der Waals surface area contributed by atoms with Crippen molar-refractivity contribution in [1.82, 2.24) is 9.97 Å². The number of ether oxygens (including phenoxy) is 1. The number of aryl methyl sites for hydroxylation is 1. The second-order valence-corrected chi connectivity index (χ2v) is 5.44. The number of imidazole rings is 1. The van der Waals surface area contributed by atoms with Gasteiger partial charge in [-0.25, -0.2) is 4.98 Å². The fraction of sp³-hybridized carbons (Fsp3) is 0.400. The van der Waals surface area contributed by atoms with Gasteiger partial charge in [-0.3, -0.25) is 0 Å². The molecule has 0 aliphatic carbocycles. The number of alkyl halides is 1. The van der Waals surface area contributed by atoms with Crippen LogP contribution < -0.4 is 4.74 Å². The average molecular weight is 315 g/mol. The van der Waals surface area contributed by atoms with Crippen LogP contribution in [0.25, 0.3) is 11.4 Å². The Balaban J connectivity index is 0.00000200. The quantitative estimate of drug-likeness (QED) is 0.827. The number of benzene rings is 1. The molecule has 110 valence electrons. The molecule has 0 bridgehead atoms. The minimum Gasteiger partial charge on any atom is -0.497 e. The van der Waals surface area contributed by atoms with E-state index in [9.17, 15) is 0 Å². The lowest BCUT2D eigenvalue weighted by Crippen LogP contribution is -2.01. The minimum absolute atomic E-state index is 0. The van der Waals surface area contributed by atoms with Gasteiger partial charge < -0.3 is 9.72 Å². The van der Waals surface area contributed by atoms with Gasteiger partial charge in [0.1, 0.15) is 11.6 Å². The van der Waals surface area contributed by atoms with Gasteiger partial charge in [-0.2, -0.15) is 0 Å². The molecule has 3 nitrogen and oxygen atoms in total. The lowest BCUT2D eigenvalue weighted by atomic mass is 10.1. The summed E-state index contributed by atoms with van der Waals surface area (Å²) in [6, 6.07) is 7.83. The van der Waals surface area contributed by atoms with Crippen LogP contribution in [0, 0.1) is 12.8 Å². The van der Waals surface area contributed by atoms with Crippen LogP contribution >= 0.6 is 24.0 Å². The maximum atomic E-state index is 6.40. The summed E-state index contributed by atoms with van der Waals surface area (Å²) < 4.78 is 5.23. The zero-order valence-corrected chi connectivity index (χ0v) is 13.7. The maximum Gasteiger partial charge on any atom is 0.138 e. The van der Waals surface area contributed by atoms with E-state index in [0.29, 0.717) is 5.92 Å². The molecule has 2 aromatic rings. The van der Waals surface area contributed by atoms with Gasteiger partial charge in [-0.1, -0.05) is 26.0 Å². The molecular weight excluding hydrogens is 295 g/mol. The van der Waals surface area contributed by atoms with E-state index in [1.807, 2.05) is 31.2 Å². The van der Waals surface area contributed by atoms with Crippen LogP contribution in [0.1, 0.15) is 30.6 Å². The maximum absolute atomic E-state index is 6.40. The van der Waals surface area contributed by atoms with Crippen molar-refractivity contribution in [3.8, 4) is 17.1 Å². The summed E-state index contributed by atoms with van der Waals surface area (Å²) in [5, 5.41) is -0.0735. The van der Waals surface area contributed by atoms with Crippen molar-refractivity contribution in [3.05, 3.63) is 35.7 Å². The number of methoxy groups -OCH3 is 1. The Bertz CT molecular complexity index is 567. The predicted octanol–water partition coefficient (Wildman–Crippen LogP) is 4.75. The summed E-state index contributed by atoms with van der Waals surface area (Å²) in [6.45, 7) is 6.19. The van der Waals surface area contributed by atoms with Gasteiger partial charge in [0, 0.05) is 11.3 Å². The normalized spacial score (nSPS) is 12.1. The summed E-state index contributed by atoms with van der Waals surface area (Å²) in [5.41, 5.74) is 2.95. The van der Waals surface area contributed by atoms with Crippen LogP contribution in [0.4, 0.5) is 0 Å². The van der Waals surface area contributed by atoms with Crippen LogP contribution in [0.5, 0.6) is 5.75 Å². The fourth-order valence-electron chi connectivity index (χ4n) is 1.97. The molecule has 5 heteroatoms. The van der Waals surface area contributed by atoms with E-state index in [2.05, 4.69) is 23.8 Å². The van der Waals surface area contributed by atoms with E-state index in [0.717, 1.165) is 28.5 Å². The highest BCUT2D eigenvalue weighted by Crippen LogP contribution is 2.31. The van der Waals surface area contributed by atoms with Crippen molar-refractivity contribution in [2.75, 3.05) is 7.11 Å². The molecule has 0 radical (unpaired) electrons. The van der Waals surface area contributed by atoms with Crippen LogP contribution in [-0.2, 0) is 0 Å². The molecule has 0 saturated carbocycles. The average Bonchev–Trinajstić information content (AvgIpc) is 2.80. The Hall–Kier alpha value is -1.19. The van der Waals surface area contributed by atoms with E-state index in [1.54, 1.807) is 7.11 Å². The molecule has 20 heavy (non-hydrogen) atoms.